The van der Waals surface area contributed by atoms with Crippen LogP contribution in [-0.4, -0.2) is 47.0 Å². The van der Waals surface area contributed by atoms with E-state index in [1.807, 2.05) is 4.72 Å². The van der Waals surface area contributed by atoms with Crippen LogP contribution in [0.3, 0.4) is 0 Å². The van der Waals surface area contributed by atoms with Crippen LogP contribution in [0.15, 0.2) is 53.6 Å². The lowest BCUT2D eigenvalue weighted by atomic mass is 10.0. The molecule has 0 spiro atoms. The van der Waals surface area contributed by atoms with Crippen molar-refractivity contribution in [1.82, 2.24) is 19.5 Å². The molecule has 0 aliphatic heterocycles. The van der Waals surface area contributed by atoms with Crippen LogP contribution in [0.5, 0.6) is 11.6 Å². The Bertz CT molecular complexity index is 1360. The van der Waals surface area contributed by atoms with Gasteiger partial charge in [-0.3, -0.25) is 4.79 Å². The largest absolute Gasteiger partial charge is 0.508 e. The summed E-state index contributed by atoms with van der Waals surface area (Å²) in [5, 5.41) is 13.1. The third-order valence-electron chi connectivity index (χ3n) is 5.54. The number of ether oxygens (including phenoxy) is 1. The SMILES string of the molecule is O=C(NS(=O)(=O)c1ccc(O)cc1)c1ccc(-n2ccc(OCCC3(C(F)(F)F)CC3)n2)nc1Cl. The highest BCUT2D eigenvalue weighted by Crippen LogP contribution is 2.59. The van der Waals surface area contributed by atoms with E-state index in [-0.39, 0.29) is 58.9 Å². The van der Waals surface area contributed by atoms with Gasteiger partial charge >= 0.3 is 6.18 Å². The van der Waals surface area contributed by atoms with Crippen molar-refractivity contribution in [2.75, 3.05) is 6.61 Å². The van der Waals surface area contributed by atoms with E-state index in [0.717, 1.165) is 24.3 Å². The molecular weight excluding hydrogens is 513 g/mol. The number of hydrogen-bond donors (Lipinski definition) is 2. The third-order valence-corrected chi connectivity index (χ3v) is 7.17. The number of nitrogens with one attached hydrogen (secondary N) is 1. The fraction of sp³-hybridized carbons (Fsp3) is 0.286. The minimum absolute atomic E-state index is 0.0858. The molecule has 0 bridgehead atoms. The molecule has 1 saturated carbocycles. The number of rotatable bonds is 8. The Morgan fingerprint density at radius 3 is 2.46 bits per heavy atom. The van der Waals surface area contributed by atoms with Crippen molar-refractivity contribution in [1.29, 1.82) is 0 Å². The zero-order valence-corrected chi connectivity index (χ0v) is 19.4. The molecule has 186 valence electrons. The Kier molecular flexibility index (Phi) is 6.40. The maximum Gasteiger partial charge on any atom is 0.394 e. The van der Waals surface area contributed by atoms with Crippen LogP contribution in [0.4, 0.5) is 13.2 Å². The van der Waals surface area contributed by atoms with Gasteiger partial charge in [-0.1, -0.05) is 11.6 Å². The monoisotopic (exact) mass is 530 g/mol. The molecule has 1 aromatic carbocycles. The van der Waals surface area contributed by atoms with Gasteiger partial charge in [0.25, 0.3) is 15.9 Å². The van der Waals surface area contributed by atoms with Crippen molar-refractivity contribution < 1.29 is 36.2 Å². The zero-order chi connectivity index (χ0) is 25.4. The lowest BCUT2D eigenvalue weighted by Gasteiger charge is -2.18. The molecule has 0 radical (unpaired) electrons. The van der Waals surface area contributed by atoms with E-state index in [9.17, 15) is 31.5 Å². The minimum Gasteiger partial charge on any atom is -0.508 e. The van der Waals surface area contributed by atoms with Gasteiger partial charge in [0.1, 0.15) is 10.9 Å². The van der Waals surface area contributed by atoms with Gasteiger partial charge in [-0.2, -0.15) is 13.2 Å². The predicted molar refractivity (Wildman–Crippen MR) is 117 cm³/mol. The van der Waals surface area contributed by atoms with Crippen LogP contribution in [-0.2, 0) is 10.0 Å². The first-order valence-electron chi connectivity index (χ1n) is 10.2. The maximum atomic E-state index is 13.0. The average Bonchev–Trinajstić information content (AvgIpc) is 3.43. The number of carbonyl (C=O) groups is 1. The minimum atomic E-state index is -4.26. The summed E-state index contributed by atoms with van der Waals surface area (Å²) in [6.07, 6.45) is -2.79. The molecular formula is C21H18ClF3N4O5S. The molecule has 1 amide bonds. The van der Waals surface area contributed by atoms with Crippen molar-refractivity contribution in [3.8, 4) is 17.4 Å². The molecule has 1 fully saturated rings. The highest BCUT2D eigenvalue weighted by atomic mass is 35.5. The molecule has 9 nitrogen and oxygen atoms in total. The Balaban J connectivity index is 1.40. The number of alkyl halides is 3. The molecule has 2 aromatic heterocycles. The fourth-order valence-corrected chi connectivity index (χ4v) is 4.47. The Morgan fingerprint density at radius 2 is 1.86 bits per heavy atom. The number of carbonyl (C=O) groups excluding carboxylic acids is 1. The lowest BCUT2D eigenvalue weighted by molar-refractivity contribution is -0.190. The first-order valence-corrected chi connectivity index (χ1v) is 12.0. The topological polar surface area (TPSA) is 123 Å². The average molecular weight is 531 g/mol. The predicted octanol–water partition coefficient (Wildman–Crippen LogP) is 3.86. The smallest absolute Gasteiger partial charge is 0.394 e. The second-order valence-electron chi connectivity index (χ2n) is 7.91. The van der Waals surface area contributed by atoms with Gasteiger partial charge in [0.05, 0.1) is 22.5 Å². The molecule has 1 aliphatic rings. The van der Waals surface area contributed by atoms with Crippen LogP contribution in [0.25, 0.3) is 5.82 Å². The Morgan fingerprint density at radius 1 is 1.17 bits per heavy atom. The van der Waals surface area contributed by atoms with Gasteiger partial charge in [0.15, 0.2) is 5.82 Å². The number of sulfonamides is 1. The number of nitrogens with zero attached hydrogens (tertiary/aromatic N) is 3. The summed E-state index contributed by atoms with van der Waals surface area (Å²) in [5.41, 5.74) is -1.89. The highest BCUT2D eigenvalue weighted by Gasteiger charge is 2.62. The van der Waals surface area contributed by atoms with Crippen molar-refractivity contribution >= 4 is 27.5 Å². The number of phenolic OH excluding ortho intramolecular Hbond substituents is 1. The summed E-state index contributed by atoms with van der Waals surface area (Å²) < 4.78 is 72.2. The second-order valence-corrected chi connectivity index (χ2v) is 9.95. The van der Waals surface area contributed by atoms with Crippen LogP contribution >= 0.6 is 11.6 Å². The first kappa shape index (κ1) is 24.8. The number of aromatic hydroxyl groups is 1. The van der Waals surface area contributed by atoms with E-state index in [1.54, 1.807) is 0 Å². The zero-order valence-electron chi connectivity index (χ0n) is 17.8. The standard InChI is InChI=1S/C21H18ClF3N4O5S/c22-18-15(19(31)28-35(32,33)14-3-1-13(30)2-4-14)5-6-16(26-18)29-11-7-17(27-29)34-12-10-20(8-9-20)21(23,24)25/h1-7,11,30H,8-10,12H2,(H,28,31). The van der Waals surface area contributed by atoms with Crippen LogP contribution in [0.1, 0.15) is 29.6 Å². The van der Waals surface area contributed by atoms with Crippen molar-refractivity contribution in [2.24, 2.45) is 5.41 Å². The van der Waals surface area contributed by atoms with Gasteiger partial charge in [-0.15, -0.1) is 5.10 Å². The molecule has 14 heteroatoms. The van der Waals surface area contributed by atoms with Crippen LogP contribution in [0, 0.1) is 5.41 Å². The van der Waals surface area contributed by atoms with E-state index < -0.39 is 27.5 Å². The van der Waals surface area contributed by atoms with Crippen molar-refractivity contribution in [3.05, 3.63) is 59.4 Å². The quantitative estimate of drug-likeness (QED) is 0.424. The number of hydrogen-bond acceptors (Lipinski definition) is 7. The number of aromatic nitrogens is 3. The Hall–Kier alpha value is -3.32. The van der Waals surface area contributed by atoms with Crippen LogP contribution < -0.4 is 9.46 Å². The van der Waals surface area contributed by atoms with E-state index in [1.165, 1.54) is 29.1 Å². The van der Waals surface area contributed by atoms with Gasteiger partial charge in [0, 0.05) is 12.3 Å². The fourth-order valence-electron chi connectivity index (χ4n) is 3.27. The third kappa shape index (κ3) is 5.35. The maximum absolute atomic E-state index is 13.0. The van der Waals surface area contributed by atoms with E-state index in [2.05, 4.69) is 10.1 Å². The number of pyridine rings is 1. The van der Waals surface area contributed by atoms with Gasteiger partial charge < -0.3 is 9.84 Å². The Labute approximate surface area is 202 Å². The van der Waals surface area contributed by atoms with E-state index >= 15 is 0 Å². The van der Waals surface area contributed by atoms with Crippen molar-refractivity contribution in [3.63, 3.8) is 0 Å². The number of amides is 1. The number of halogens is 4. The highest BCUT2D eigenvalue weighted by molar-refractivity contribution is 7.90. The van der Waals surface area contributed by atoms with E-state index in [0.29, 0.717) is 0 Å². The molecule has 35 heavy (non-hydrogen) atoms. The molecule has 4 rings (SSSR count). The van der Waals surface area contributed by atoms with Crippen molar-refractivity contribution in [2.45, 2.75) is 30.3 Å². The summed E-state index contributed by atoms with van der Waals surface area (Å²) in [4.78, 5) is 16.2. The number of phenols is 1. The first-order chi connectivity index (χ1) is 16.4. The summed E-state index contributed by atoms with van der Waals surface area (Å²) in [5.74, 6) is -0.914. The molecule has 0 atom stereocenters. The summed E-state index contributed by atoms with van der Waals surface area (Å²) in [7, 11) is -4.23. The molecule has 0 unspecified atom stereocenters. The van der Waals surface area contributed by atoms with Gasteiger partial charge in [0.2, 0.25) is 5.88 Å². The molecule has 1 aliphatic carbocycles. The van der Waals surface area contributed by atoms with Gasteiger partial charge in [-0.25, -0.2) is 22.8 Å². The molecule has 2 heterocycles. The normalized spacial score (nSPS) is 15.0. The molecule has 3 aromatic rings. The molecule has 0 saturated heterocycles. The second kappa shape index (κ2) is 9.04. The van der Waals surface area contributed by atoms with E-state index in [4.69, 9.17) is 16.3 Å². The van der Waals surface area contributed by atoms with Gasteiger partial charge in [-0.05, 0) is 55.7 Å². The summed E-state index contributed by atoms with van der Waals surface area (Å²) in [6.45, 7) is -0.153. The molecule has 2 N–H and O–H groups in total. The summed E-state index contributed by atoms with van der Waals surface area (Å²) in [6, 6.07) is 8.60. The van der Waals surface area contributed by atoms with Crippen LogP contribution in [0.2, 0.25) is 5.15 Å². The number of benzene rings is 1. The lowest BCUT2D eigenvalue weighted by Crippen LogP contribution is -2.31. The summed E-state index contributed by atoms with van der Waals surface area (Å²) >= 11 is 6.08.